The third-order valence-electron chi connectivity index (χ3n) is 4.22. The van der Waals surface area contributed by atoms with Gasteiger partial charge in [-0.3, -0.25) is 14.9 Å². The first-order chi connectivity index (χ1) is 11.3. The number of nitrogens with zero attached hydrogens (tertiary/aromatic N) is 4. The molecule has 0 N–H and O–H groups in total. The summed E-state index contributed by atoms with van der Waals surface area (Å²) >= 11 is 0. The van der Waals surface area contributed by atoms with Gasteiger partial charge in [0.25, 0.3) is 5.69 Å². The highest BCUT2D eigenvalue weighted by molar-refractivity contribution is 5.98. The monoisotopic (exact) mass is 334 g/mol. The predicted molar refractivity (Wildman–Crippen MR) is 93.7 cm³/mol. The minimum Gasteiger partial charge on any atom is -0.301 e. The minimum atomic E-state index is -0.633. The molecule has 0 unspecified atom stereocenters. The Kier molecular flexibility index (Phi) is 5.56. The van der Waals surface area contributed by atoms with E-state index in [1.165, 1.54) is 11.1 Å². The molecular formula is C17H26N4O3. The molecule has 7 heteroatoms. The summed E-state index contributed by atoms with van der Waals surface area (Å²) in [6, 6.07) is 6.44. The van der Waals surface area contributed by atoms with Crippen LogP contribution in [0.4, 0.5) is 11.4 Å². The van der Waals surface area contributed by atoms with Gasteiger partial charge in [0, 0.05) is 37.7 Å². The lowest BCUT2D eigenvalue weighted by atomic mass is 9.95. The first-order valence-corrected chi connectivity index (χ1v) is 8.31. The average Bonchev–Trinajstić information content (AvgIpc) is 2.55. The van der Waals surface area contributed by atoms with Crippen LogP contribution in [0.2, 0.25) is 0 Å². The van der Waals surface area contributed by atoms with E-state index in [2.05, 4.69) is 11.8 Å². The van der Waals surface area contributed by atoms with Crippen molar-refractivity contribution in [3.63, 3.8) is 0 Å². The fourth-order valence-electron chi connectivity index (χ4n) is 2.76. The molecule has 0 aliphatic carbocycles. The minimum absolute atomic E-state index is 0.0481. The highest BCUT2D eigenvalue weighted by atomic mass is 16.6. The lowest BCUT2D eigenvalue weighted by Gasteiger charge is -2.42. The van der Waals surface area contributed by atoms with Crippen LogP contribution in [0, 0.1) is 15.5 Å². The lowest BCUT2D eigenvalue weighted by Crippen LogP contribution is -2.58. The number of carbonyl (C=O) groups excluding carboxylic acids is 1. The van der Waals surface area contributed by atoms with E-state index in [0.717, 1.165) is 19.6 Å². The van der Waals surface area contributed by atoms with Crippen LogP contribution in [-0.2, 0) is 4.79 Å². The summed E-state index contributed by atoms with van der Waals surface area (Å²) in [5, 5.41) is 14.9. The molecule has 0 atom stereocenters. The molecule has 0 radical (unpaired) electrons. The Morgan fingerprint density at radius 1 is 1.21 bits per heavy atom. The smallest absolute Gasteiger partial charge is 0.294 e. The molecule has 0 saturated carbocycles. The number of benzene rings is 1. The van der Waals surface area contributed by atoms with Gasteiger partial charge in [-0.2, -0.15) is 0 Å². The highest BCUT2D eigenvalue weighted by Crippen LogP contribution is 2.32. The molecule has 132 valence electrons. The third-order valence-corrected chi connectivity index (χ3v) is 4.22. The Morgan fingerprint density at radius 3 is 2.29 bits per heavy atom. The molecular weight excluding hydrogens is 308 g/mol. The molecule has 7 nitrogen and oxygen atoms in total. The van der Waals surface area contributed by atoms with E-state index in [1.807, 2.05) is 25.8 Å². The summed E-state index contributed by atoms with van der Waals surface area (Å²) in [5.74, 6) is -0.137. The lowest BCUT2D eigenvalue weighted by molar-refractivity contribution is -0.384. The maximum atomic E-state index is 13.0. The van der Waals surface area contributed by atoms with Crippen molar-refractivity contribution >= 4 is 17.3 Å². The highest BCUT2D eigenvalue weighted by Gasteiger charge is 2.36. The first-order valence-electron chi connectivity index (χ1n) is 8.31. The molecule has 1 saturated heterocycles. The van der Waals surface area contributed by atoms with Gasteiger partial charge >= 0.3 is 0 Å². The second-order valence-corrected chi connectivity index (χ2v) is 7.00. The standard InChI is InChI=1S/C17H26N4O3/c1-5-18-10-12-19(13-11-18)20(16(22)17(2,3)4)14-8-6-7-9-15(14)21(23)24/h6-9H,5,10-13H2,1-4H3. The van der Waals surface area contributed by atoms with E-state index in [9.17, 15) is 14.9 Å². The molecule has 1 fully saturated rings. The summed E-state index contributed by atoms with van der Waals surface area (Å²) in [6.07, 6.45) is 0. The maximum absolute atomic E-state index is 13.0. The largest absolute Gasteiger partial charge is 0.301 e. The van der Waals surface area contributed by atoms with E-state index in [4.69, 9.17) is 0 Å². The number of rotatable bonds is 4. The van der Waals surface area contributed by atoms with Gasteiger partial charge in [0.2, 0.25) is 5.91 Å². The SMILES string of the molecule is CCN1CCN(N(C(=O)C(C)(C)C)c2ccccc2[N+](=O)[O-])CC1. The molecule has 0 aromatic heterocycles. The van der Waals surface area contributed by atoms with Crippen molar-refractivity contribution in [3.8, 4) is 0 Å². The number of nitro benzene ring substituents is 1. The zero-order valence-electron chi connectivity index (χ0n) is 14.9. The Hall–Kier alpha value is -1.99. The second kappa shape index (κ2) is 7.27. The summed E-state index contributed by atoms with van der Waals surface area (Å²) in [6.45, 7) is 11.6. The second-order valence-electron chi connectivity index (χ2n) is 7.00. The van der Waals surface area contributed by atoms with E-state index in [1.54, 1.807) is 18.2 Å². The Bertz CT molecular complexity index is 604. The molecule has 24 heavy (non-hydrogen) atoms. The summed E-state index contributed by atoms with van der Waals surface area (Å²) in [5.41, 5.74) is -0.341. The summed E-state index contributed by atoms with van der Waals surface area (Å²) < 4.78 is 0. The van der Waals surface area contributed by atoms with Crippen LogP contribution in [0.1, 0.15) is 27.7 Å². The van der Waals surface area contributed by atoms with Crippen LogP contribution in [0.15, 0.2) is 24.3 Å². The van der Waals surface area contributed by atoms with Crippen molar-refractivity contribution in [3.05, 3.63) is 34.4 Å². The van der Waals surface area contributed by atoms with Gasteiger partial charge < -0.3 is 4.90 Å². The summed E-state index contributed by atoms with van der Waals surface area (Å²) in [4.78, 5) is 26.3. The zero-order chi connectivity index (χ0) is 17.9. The third kappa shape index (κ3) is 3.91. The van der Waals surface area contributed by atoms with E-state index < -0.39 is 10.3 Å². The quantitative estimate of drug-likeness (QED) is 0.625. The Labute approximate surface area is 143 Å². The van der Waals surface area contributed by atoms with Gasteiger partial charge in [-0.25, -0.2) is 10.0 Å². The van der Waals surface area contributed by atoms with Crippen molar-refractivity contribution in [1.29, 1.82) is 0 Å². The van der Waals surface area contributed by atoms with Crippen LogP contribution in [0.25, 0.3) is 0 Å². The maximum Gasteiger partial charge on any atom is 0.294 e. The van der Waals surface area contributed by atoms with Gasteiger partial charge in [0.15, 0.2) is 0 Å². The van der Waals surface area contributed by atoms with E-state index >= 15 is 0 Å². The molecule has 1 aromatic rings. The van der Waals surface area contributed by atoms with E-state index in [-0.39, 0.29) is 11.6 Å². The normalized spacial score (nSPS) is 16.8. The molecule has 0 bridgehead atoms. The molecule has 1 aliphatic heterocycles. The van der Waals surface area contributed by atoms with Crippen LogP contribution in [0.3, 0.4) is 0 Å². The average molecular weight is 334 g/mol. The van der Waals surface area contributed by atoms with Gasteiger partial charge in [-0.15, -0.1) is 0 Å². The number of anilines is 1. The van der Waals surface area contributed by atoms with Gasteiger partial charge in [0.1, 0.15) is 5.69 Å². The topological polar surface area (TPSA) is 69.9 Å². The van der Waals surface area contributed by atoms with Crippen molar-refractivity contribution in [2.24, 2.45) is 5.41 Å². The fourth-order valence-corrected chi connectivity index (χ4v) is 2.76. The fraction of sp³-hybridized carbons (Fsp3) is 0.588. The number of nitro groups is 1. The predicted octanol–water partition coefficient (Wildman–Crippen LogP) is 2.53. The number of amides is 1. The Morgan fingerprint density at radius 2 is 1.79 bits per heavy atom. The number of carbonyl (C=O) groups is 1. The van der Waals surface area contributed by atoms with Crippen LogP contribution in [0.5, 0.6) is 0 Å². The number of hydrogen-bond acceptors (Lipinski definition) is 5. The molecule has 1 amide bonds. The summed E-state index contributed by atoms with van der Waals surface area (Å²) in [7, 11) is 0. The van der Waals surface area contributed by atoms with Gasteiger partial charge in [0.05, 0.1) is 4.92 Å². The Balaban J connectivity index is 2.42. The van der Waals surface area contributed by atoms with Crippen LogP contribution < -0.4 is 5.01 Å². The molecule has 2 rings (SSSR count). The zero-order valence-corrected chi connectivity index (χ0v) is 14.9. The van der Waals surface area contributed by atoms with Crippen molar-refractivity contribution in [2.45, 2.75) is 27.7 Å². The molecule has 1 heterocycles. The molecule has 1 aliphatic rings. The van der Waals surface area contributed by atoms with Gasteiger partial charge in [-0.1, -0.05) is 39.8 Å². The van der Waals surface area contributed by atoms with Gasteiger partial charge in [-0.05, 0) is 12.6 Å². The molecule has 1 aromatic carbocycles. The van der Waals surface area contributed by atoms with Crippen molar-refractivity contribution in [2.75, 3.05) is 37.7 Å². The van der Waals surface area contributed by atoms with Crippen molar-refractivity contribution < 1.29 is 9.72 Å². The van der Waals surface area contributed by atoms with E-state index in [0.29, 0.717) is 18.8 Å². The number of likely N-dealkylation sites (N-methyl/N-ethyl adjacent to an activating group) is 1. The number of hydrazine groups is 1. The van der Waals surface area contributed by atoms with Crippen LogP contribution in [-0.4, -0.2) is 53.5 Å². The number of piperazine rings is 1. The van der Waals surface area contributed by atoms with Crippen LogP contribution >= 0.6 is 0 Å². The first kappa shape index (κ1) is 18.4. The van der Waals surface area contributed by atoms with Crippen molar-refractivity contribution in [1.82, 2.24) is 9.91 Å². The number of para-hydroxylation sites is 2. The molecule has 0 spiro atoms. The number of hydrogen-bond donors (Lipinski definition) is 0.